The lowest BCUT2D eigenvalue weighted by Gasteiger charge is -2.16. The molecule has 1 N–H and O–H groups in total. The summed E-state index contributed by atoms with van der Waals surface area (Å²) in [6, 6.07) is 7.36. The highest BCUT2D eigenvalue weighted by Gasteiger charge is 2.17. The molecule has 18 heavy (non-hydrogen) atoms. The van der Waals surface area contributed by atoms with E-state index in [1.165, 1.54) is 7.11 Å². The minimum atomic E-state index is -0.258. The Labute approximate surface area is 113 Å². The van der Waals surface area contributed by atoms with Crippen LogP contribution in [0.1, 0.15) is 31.7 Å². The molecule has 4 heteroatoms. The Hall–Kier alpha value is -1.06. The van der Waals surface area contributed by atoms with E-state index < -0.39 is 0 Å². The molecule has 0 spiro atoms. The molecule has 1 rings (SSSR count). The van der Waals surface area contributed by atoms with Crippen molar-refractivity contribution in [2.45, 2.75) is 38.8 Å². The minimum absolute atomic E-state index is 0.212. The number of halogens is 1. The molecule has 3 nitrogen and oxygen atoms in total. The van der Waals surface area contributed by atoms with Crippen molar-refractivity contribution in [2.75, 3.05) is 7.11 Å². The van der Waals surface area contributed by atoms with Gasteiger partial charge in [0, 0.05) is 11.6 Å². The van der Waals surface area contributed by atoms with Crippen LogP contribution in [0.2, 0.25) is 5.02 Å². The molecule has 0 saturated carbocycles. The Kier molecular flexibility index (Phi) is 6.76. The van der Waals surface area contributed by atoms with Gasteiger partial charge in [0.2, 0.25) is 0 Å². The smallest absolute Gasteiger partial charge is 0.322 e. The summed E-state index contributed by atoms with van der Waals surface area (Å²) in [5.41, 5.74) is 0.990. The van der Waals surface area contributed by atoms with Crippen molar-refractivity contribution < 1.29 is 9.53 Å². The SMILES string of the molecule is CCCCC(NCc1ccccc1Cl)C(=O)OC. The van der Waals surface area contributed by atoms with Crippen molar-refractivity contribution in [2.24, 2.45) is 0 Å². The average Bonchev–Trinajstić information content (AvgIpc) is 2.40. The van der Waals surface area contributed by atoms with Gasteiger partial charge in [-0.25, -0.2) is 0 Å². The summed E-state index contributed by atoms with van der Waals surface area (Å²) in [6.45, 7) is 2.67. The first-order valence-corrected chi connectivity index (χ1v) is 6.61. The topological polar surface area (TPSA) is 38.3 Å². The number of carbonyl (C=O) groups is 1. The standard InChI is InChI=1S/C14H20ClNO2/c1-3-4-9-13(14(17)18-2)16-10-11-7-5-6-8-12(11)15/h5-8,13,16H,3-4,9-10H2,1-2H3. The van der Waals surface area contributed by atoms with Crippen molar-refractivity contribution in [1.82, 2.24) is 5.32 Å². The van der Waals surface area contributed by atoms with Gasteiger partial charge in [-0.3, -0.25) is 4.79 Å². The second-order valence-corrected chi connectivity index (χ2v) is 4.60. The summed E-state index contributed by atoms with van der Waals surface area (Å²) in [5, 5.41) is 3.92. The third-order valence-corrected chi connectivity index (χ3v) is 3.20. The number of rotatable bonds is 7. The van der Waals surface area contributed by atoms with E-state index in [4.69, 9.17) is 16.3 Å². The molecule has 0 bridgehead atoms. The zero-order valence-electron chi connectivity index (χ0n) is 10.9. The fourth-order valence-corrected chi connectivity index (χ4v) is 1.93. The van der Waals surface area contributed by atoms with Crippen LogP contribution in [0.25, 0.3) is 0 Å². The number of esters is 1. The number of hydrogen-bond donors (Lipinski definition) is 1. The molecule has 0 aliphatic carbocycles. The van der Waals surface area contributed by atoms with Gasteiger partial charge < -0.3 is 10.1 Å². The van der Waals surface area contributed by atoms with Gasteiger partial charge in [-0.05, 0) is 18.1 Å². The van der Waals surface area contributed by atoms with Crippen LogP contribution in [-0.4, -0.2) is 19.1 Å². The van der Waals surface area contributed by atoms with E-state index in [0.29, 0.717) is 11.6 Å². The normalized spacial score (nSPS) is 12.2. The van der Waals surface area contributed by atoms with Gasteiger partial charge in [-0.2, -0.15) is 0 Å². The number of unbranched alkanes of at least 4 members (excludes halogenated alkanes) is 1. The van der Waals surface area contributed by atoms with Crippen LogP contribution in [-0.2, 0) is 16.1 Å². The summed E-state index contributed by atoms with van der Waals surface area (Å²) in [5.74, 6) is -0.212. The maximum atomic E-state index is 11.6. The number of nitrogens with one attached hydrogen (secondary N) is 1. The number of hydrogen-bond acceptors (Lipinski definition) is 3. The zero-order valence-corrected chi connectivity index (χ0v) is 11.7. The summed E-state index contributed by atoms with van der Waals surface area (Å²) >= 11 is 6.07. The first-order chi connectivity index (χ1) is 8.69. The molecule has 1 unspecified atom stereocenters. The van der Waals surface area contributed by atoms with Gasteiger partial charge in [0.15, 0.2) is 0 Å². The Morgan fingerprint density at radius 3 is 2.78 bits per heavy atom. The van der Waals surface area contributed by atoms with E-state index in [1.807, 2.05) is 24.3 Å². The molecule has 0 amide bonds. The van der Waals surface area contributed by atoms with E-state index in [-0.39, 0.29) is 12.0 Å². The second-order valence-electron chi connectivity index (χ2n) is 4.19. The van der Waals surface area contributed by atoms with Gasteiger partial charge in [0.1, 0.15) is 6.04 Å². The van der Waals surface area contributed by atoms with Crippen LogP contribution in [0.4, 0.5) is 0 Å². The third-order valence-electron chi connectivity index (χ3n) is 2.83. The fourth-order valence-electron chi connectivity index (χ4n) is 1.73. The molecule has 1 aromatic carbocycles. The predicted octanol–water partition coefficient (Wildman–Crippen LogP) is 3.16. The molecular weight excluding hydrogens is 250 g/mol. The van der Waals surface area contributed by atoms with Crippen LogP contribution in [0.5, 0.6) is 0 Å². The molecule has 0 aliphatic rings. The highest BCUT2D eigenvalue weighted by atomic mass is 35.5. The number of carbonyl (C=O) groups excluding carboxylic acids is 1. The summed E-state index contributed by atoms with van der Waals surface area (Å²) in [7, 11) is 1.42. The van der Waals surface area contributed by atoms with E-state index in [2.05, 4.69) is 12.2 Å². The molecule has 0 aromatic heterocycles. The largest absolute Gasteiger partial charge is 0.468 e. The van der Waals surface area contributed by atoms with Crippen molar-refractivity contribution in [3.8, 4) is 0 Å². The first-order valence-electron chi connectivity index (χ1n) is 6.23. The highest BCUT2D eigenvalue weighted by molar-refractivity contribution is 6.31. The molecule has 100 valence electrons. The predicted molar refractivity (Wildman–Crippen MR) is 73.6 cm³/mol. The lowest BCUT2D eigenvalue weighted by atomic mass is 10.1. The molecule has 0 fully saturated rings. The zero-order chi connectivity index (χ0) is 13.4. The Bertz CT molecular complexity index is 382. The summed E-state index contributed by atoms with van der Waals surface area (Å²) < 4.78 is 4.79. The average molecular weight is 270 g/mol. The summed E-state index contributed by atoms with van der Waals surface area (Å²) in [4.78, 5) is 11.6. The summed E-state index contributed by atoms with van der Waals surface area (Å²) in [6.07, 6.45) is 2.84. The number of methoxy groups -OCH3 is 1. The molecule has 0 radical (unpaired) electrons. The van der Waals surface area contributed by atoms with Crippen LogP contribution < -0.4 is 5.32 Å². The van der Waals surface area contributed by atoms with Crippen molar-refractivity contribution in [3.63, 3.8) is 0 Å². The molecule has 1 atom stereocenters. The van der Waals surface area contributed by atoms with Crippen molar-refractivity contribution >= 4 is 17.6 Å². The first kappa shape index (κ1) is 15.0. The van der Waals surface area contributed by atoms with Gasteiger partial charge >= 0.3 is 5.97 Å². The molecule has 0 aliphatic heterocycles. The Morgan fingerprint density at radius 1 is 1.44 bits per heavy atom. The highest BCUT2D eigenvalue weighted by Crippen LogP contribution is 2.15. The van der Waals surface area contributed by atoms with Crippen LogP contribution >= 0.6 is 11.6 Å². The second kappa shape index (κ2) is 8.11. The van der Waals surface area contributed by atoms with E-state index in [9.17, 15) is 4.79 Å². The van der Waals surface area contributed by atoms with Crippen LogP contribution in [0, 0.1) is 0 Å². The van der Waals surface area contributed by atoms with Crippen LogP contribution in [0.15, 0.2) is 24.3 Å². The van der Waals surface area contributed by atoms with E-state index in [1.54, 1.807) is 0 Å². The third kappa shape index (κ3) is 4.67. The maximum Gasteiger partial charge on any atom is 0.322 e. The molecule has 0 saturated heterocycles. The molecular formula is C14H20ClNO2. The van der Waals surface area contributed by atoms with Gasteiger partial charge in [0.05, 0.1) is 7.11 Å². The number of ether oxygens (including phenoxy) is 1. The van der Waals surface area contributed by atoms with Crippen molar-refractivity contribution in [1.29, 1.82) is 0 Å². The number of benzene rings is 1. The van der Waals surface area contributed by atoms with Gasteiger partial charge in [0.25, 0.3) is 0 Å². The van der Waals surface area contributed by atoms with Crippen molar-refractivity contribution in [3.05, 3.63) is 34.9 Å². The van der Waals surface area contributed by atoms with Gasteiger partial charge in [-0.1, -0.05) is 49.6 Å². The maximum absolute atomic E-state index is 11.6. The lowest BCUT2D eigenvalue weighted by Crippen LogP contribution is -2.37. The van der Waals surface area contributed by atoms with Gasteiger partial charge in [-0.15, -0.1) is 0 Å². The Balaban J connectivity index is 2.56. The van der Waals surface area contributed by atoms with E-state index >= 15 is 0 Å². The monoisotopic (exact) mass is 269 g/mol. The lowest BCUT2D eigenvalue weighted by molar-refractivity contribution is -0.143. The van der Waals surface area contributed by atoms with E-state index in [0.717, 1.165) is 24.8 Å². The molecule has 0 heterocycles. The van der Waals surface area contributed by atoms with Crippen LogP contribution in [0.3, 0.4) is 0 Å². The Morgan fingerprint density at radius 2 is 2.17 bits per heavy atom. The quantitative estimate of drug-likeness (QED) is 0.773. The molecule has 1 aromatic rings. The minimum Gasteiger partial charge on any atom is -0.468 e. The fraction of sp³-hybridized carbons (Fsp3) is 0.500.